The maximum absolute atomic E-state index is 12.0. The molecule has 0 bridgehead atoms. The molecule has 1 aromatic heterocycles. The van der Waals surface area contributed by atoms with Crippen molar-refractivity contribution in [1.29, 1.82) is 0 Å². The molecule has 3 aromatic rings. The zero-order valence-electron chi connectivity index (χ0n) is 14.6. The molecule has 0 saturated heterocycles. The molecular formula is C21H19ClN2O3. The van der Waals surface area contributed by atoms with E-state index in [1.165, 1.54) is 6.07 Å². The van der Waals surface area contributed by atoms with Crippen LogP contribution in [0.4, 0.5) is 5.69 Å². The van der Waals surface area contributed by atoms with E-state index in [0.717, 1.165) is 5.56 Å². The molecule has 0 aliphatic heterocycles. The molecule has 5 nitrogen and oxygen atoms in total. The number of anilines is 1. The number of hydrogen-bond acceptors (Lipinski definition) is 3. The normalized spacial score (nSPS) is 10.4. The third-order valence-electron chi connectivity index (χ3n) is 3.88. The molecule has 1 heterocycles. The Bertz CT molecular complexity index is 967. The van der Waals surface area contributed by atoms with Gasteiger partial charge in [0, 0.05) is 23.0 Å². The Morgan fingerprint density at radius 1 is 1.04 bits per heavy atom. The number of aromatic nitrogens is 1. The van der Waals surface area contributed by atoms with Gasteiger partial charge in [0.25, 0.3) is 5.56 Å². The summed E-state index contributed by atoms with van der Waals surface area (Å²) in [7, 11) is 0. The SMILES string of the molecule is O=C(CCOc1cccc(Cl)c1)Nc1ccc(Cn2ccccc2=O)cc1. The highest BCUT2D eigenvalue weighted by Crippen LogP contribution is 2.17. The number of rotatable bonds is 7. The van der Waals surface area contributed by atoms with Gasteiger partial charge < -0.3 is 14.6 Å². The number of hydrogen-bond donors (Lipinski definition) is 1. The zero-order valence-corrected chi connectivity index (χ0v) is 15.4. The molecule has 6 heteroatoms. The molecule has 1 N–H and O–H groups in total. The number of carbonyl (C=O) groups excluding carboxylic acids is 1. The van der Waals surface area contributed by atoms with E-state index in [4.69, 9.17) is 16.3 Å². The molecule has 2 aromatic carbocycles. The summed E-state index contributed by atoms with van der Waals surface area (Å²) in [5.74, 6) is 0.500. The second-order valence-electron chi connectivity index (χ2n) is 5.97. The summed E-state index contributed by atoms with van der Waals surface area (Å²) in [5.41, 5.74) is 1.63. The van der Waals surface area contributed by atoms with Crippen molar-refractivity contribution in [2.24, 2.45) is 0 Å². The van der Waals surface area contributed by atoms with E-state index in [2.05, 4.69) is 5.32 Å². The lowest BCUT2D eigenvalue weighted by atomic mass is 10.2. The van der Waals surface area contributed by atoms with Crippen LogP contribution >= 0.6 is 11.6 Å². The second-order valence-corrected chi connectivity index (χ2v) is 6.40. The molecule has 0 unspecified atom stereocenters. The van der Waals surface area contributed by atoms with Crippen LogP contribution in [0.3, 0.4) is 0 Å². The molecule has 27 heavy (non-hydrogen) atoms. The molecule has 0 radical (unpaired) electrons. The van der Waals surface area contributed by atoms with E-state index in [-0.39, 0.29) is 24.5 Å². The molecule has 138 valence electrons. The van der Waals surface area contributed by atoms with Gasteiger partial charge in [-0.05, 0) is 42.0 Å². The quantitative estimate of drug-likeness (QED) is 0.672. The highest BCUT2D eigenvalue weighted by atomic mass is 35.5. The summed E-state index contributed by atoms with van der Waals surface area (Å²) in [6.45, 7) is 0.753. The summed E-state index contributed by atoms with van der Waals surface area (Å²) in [4.78, 5) is 23.8. The molecule has 0 aliphatic rings. The standard InChI is InChI=1S/C21H19ClN2O3/c22-17-4-3-5-19(14-17)27-13-11-20(25)23-18-9-7-16(8-10-18)15-24-12-2-1-6-21(24)26/h1-10,12,14H,11,13,15H2,(H,23,25). The van der Waals surface area contributed by atoms with Crippen LogP contribution in [0.2, 0.25) is 5.02 Å². The first kappa shape index (κ1) is 18.7. The number of pyridine rings is 1. The molecular weight excluding hydrogens is 364 g/mol. The lowest BCUT2D eigenvalue weighted by Gasteiger charge is -2.09. The van der Waals surface area contributed by atoms with Crippen LogP contribution in [0.1, 0.15) is 12.0 Å². The number of nitrogens with one attached hydrogen (secondary N) is 1. The molecule has 1 amide bonds. The van der Waals surface area contributed by atoms with E-state index in [0.29, 0.717) is 23.0 Å². The summed E-state index contributed by atoms with van der Waals surface area (Å²) < 4.78 is 7.14. The Hall–Kier alpha value is -3.05. The van der Waals surface area contributed by atoms with Gasteiger partial charge in [-0.25, -0.2) is 0 Å². The molecule has 3 rings (SSSR count). The maximum Gasteiger partial charge on any atom is 0.250 e. The van der Waals surface area contributed by atoms with Crippen molar-refractivity contribution in [3.05, 3.63) is 93.9 Å². The van der Waals surface area contributed by atoms with E-state index >= 15 is 0 Å². The van der Waals surface area contributed by atoms with Crippen LogP contribution in [0.15, 0.2) is 77.7 Å². The Morgan fingerprint density at radius 3 is 2.59 bits per heavy atom. The van der Waals surface area contributed by atoms with Crippen LogP contribution in [-0.4, -0.2) is 17.1 Å². The monoisotopic (exact) mass is 382 g/mol. The largest absolute Gasteiger partial charge is 0.493 e. The third-order valence-corrected chi connectivity index (χ3v) is 4.12. The number of ether oxygens (including phenoxy) is 1. The lowest BCUT2D eigenvalue weighted by Crippen LogP contribution is -2.18. The average molecular weight is 383 g/mol. The van der Waals surface area contributed by atoms with Gasteiger partial charge in [-0.3, -0.25) is 9.59 Å². The fourth-order valence-corrected chi connectivity index (χ4v) is 2.70. The zero-order chi connectivity index (χ0) is 19.1. The Balaban J connectivity index is 1.48. The molecule has 0 spiro atoms. The molecule has 0 aliphatic carbocycles. The van der Waals surface area contributed by atoms with Gasteiger partial charge in [0.05, 0.1) is 19.6 Å². The summed E-state index contributed by atoms with van der Waals surface area (Å²) in [6.07, 6.45) is 1.98. The minimum Gasteiger partial charge on any atom is -0.493 e. The fourth-order valence-electron chi connectivity index (χ4n) is 2.52. The predicted molar refractivity (Wildman–Crippen MR) is 106 cm³/mol. The van der Waals surface area contributed by atoms with Gasteiger partial charge in [0.2, 0.25) is 5.91 Å². The molecule has 0 atom stereocenters. The van der Waals surface area contributed by atoms with Crippen molar-refractivity contribution >= 4 is 23.2 Å². The van der Waals surface area contributed by atoms with Crippen LogP contribution in [0.5, 0.6) is 5.75 Å². The smallest absolute Gasteiger partial charge is 0.250 e. The first-order valence-electron chi connectivity index (χ1n) is 8.53. The summed E-state index contributed by atoms with van der Waals surface area (Å²) >= 11 is 5.89. The minimum atomic E-state index is -0.135. The van der Waals surface area contributed by atoms with Gasteiger partial charge in [0.1, 0.15) is 5.75 Å². The average Bonchev–Trinajstić information content (AvgIpc) is 2.65. The maximum atomic E-state index is 12.0. The fraction of sp³-hybridized carbons (Fsp3) is 0.143. The van der Waals surface area contributed by atoms with Gasteiger partial charge in [-0.1, -0.05) is 35.9 Å². The lowest BCUT2D eigenvalue weighted by molar-refractivity contribution is -0.116. The number of carbonyl (C=O) groups is 1. The van der Waals surface area contributed by atoms with Gasteiger partial charge >= 0.3 is 0 Å². The van der Waals surface area contributed by atoms with Crippen LogP contribution in [0.25, 0.3) is 0 Å². The van der Waals surface area contributed by atoms with Crippen molar-refractivity contribution in [2.75, 3.05) is 11.9 Å². The first-order valence-corrected chi connectivity index (χ1v) is 8.90. The van der Waals surface area contributed by atoms with E-state index in [9.17, 15) is 9.59 Å². The van der Waals surface area contributed by atoms with Gasteiger partial charge in [0.15, 0.2) is 0 Å². The van der Waals surface area contributed by atoms with Crippen molar-refractivity contribution < 1.29 is 9.53 Å². The number of benzene rings is 2. The highest BCUT2D eigenvalue weighted by Gasteiger charge is 2.04. The number of nitrogens with zero attached hydrogens (tertiary/aromatic N) is 1. The van der Waals surface area contributed by atoms with E-state index < -0.39 is 0 Å². The molecule has 0 saturated carbocycles. The predicted octanol–water partition coefficient (Wildman–Crippen LogP) is 3.96. The van der Waals surface area contributed by atoms with Crippen molar-refractivity contribution in [2.45, 2.75) is 13.0 Å². The Labute approximate surface area is 162 Å². The number of halogens is 1. The van der Waals surface area contributed by atoms with Crippen molar-refractivity contribution in [3.63, 3.8) is 0 Å². The van der Waals surface area contributed by atoms with Crippen LogP contribution in [-0.2, 0) is 11.3 Å². The Kier molecular flexibility index (Phi) is 6.28. The third kappa shape index (κ3) is 5.72. The topological polar surface area (TPSA) is 60.3 Å². The van der Waals surface area contributed by atoms with Gasteiger partial charge in [-0.15, -0.1) is 0 Å². The van der Waals surface area contributed by atoms with Crippen LogP contribution in [0, 0.1) is 0 Å². The number of amides is 1. The molecule has 0 fully saturated rings. The van der Waals surface area contributed by atoms with Crippen LogP contribution < -0.4 is 15.6 Å². The highest BCUT2D eigenvalue weighted by molar-refractivity contribution is 6.30. The first-order chi connectivity index (χ1) is 13.1. The van der Waals surface area contributed by atoms with E-state index in [1.54, 1.807) is 41.1 Å². The van der Waals surface area contributed by atoms with E-state index in [1.807, 2.05) is 30.3 Å². The minimum absolute atomic E-state index is 0.0467. The summed E-state index contributed by atoms with van der Waals surface area (Å²) in [6, 6.07) is 19.5. The van der Waals surface area contributed by atoms with Crippen molar-refractivity contribution in [3.8, 4) is 5.75 Å². The second kappa shape index (κ2) is 9.05. The van der Waals surface area contributed by atoms with Gasteiger partial charge in [-0.2, -0.15) is 0 Å². The Morgan fingerprint density at radius 2 is 1.85 bits per heavy atom. The summed E-state index contributed by atoms with van der Waals surface area (Å²) in [5, 5.41) is 3.42. The van der Waals surface area contributed by atoms with Crippen molar-refractivity contribution in [1.82, 2.24) is 4.57 Å².